The van der Waals surface area contributed by atoms with E-state index in [1.54, 1.807) is 12.1 Å². The monoisotopic (exact) mass is 363 g/mol. The van der Waals surface area contributed by atoms with E-state index in [0.717, 1.165) is 29.5 Å². The molecule has 1 aromatic heterocycles. The molecule has 138 valence electrons. The number of halogens is 3. The molecule has 3 rings (SSSR count). The Morgan fingerprint density at radius 2 is 1.65 bits per heavy atom. The van der Waals surface area contributed by atoms with E-state index in [9.17, 15) is 22.8 Å². The van der Waals surface area contributed by atoms with Crippen LogP contribution in [0.2, 0.25) is 0 Å². The number of pyridine rings is 1. The molecule has 0 saturated heterocycles. The first-order chi connectivity index (χ1) is 12.3. The smallest absolute Gasteiger partial charge is 0.307 e. The van der Waals surface area contributed by atoms with Crippen molar-refractivity contribution in [1.82, 2.24) is 4.57 Å². The molecule has 1 aliphatic rings. The van der Waals surface area contributed by atoms with E-state index in [1.165, 1.54) is 24.8 Å². The first-order valence-electron chi connectivity index (χ1n) is 8.75. The van der Waals surface area contributed by atoms with Crippen LogP contribution in [0.25, 0.3) is 0 Å². The van der Waals surface area contributed by atoms with Gasteiger partial charge in [0, 0.05) is 17.8 Å². The first kappa shape index (κ1) is 18.4. The summed E-state index contributed by atoms with van der Waals surface area (Å²) in [5, 5.41) is 0. The van der Waals surface area contributed by atoms with Gasteiger partial charge < -0.3 is 4.57 Å². The molecule has 1 heterocycles. The zero-order valence-electron chi connectivity index (χ0n) is 14.3. The third-order valence-electron chi connectivity index (χ3n) is 4.93. The van der Waals surface area contributed by atoms with Crippen LogP contribution in [0.3, 0.4) is 0 Å². The van der Waals surface area contributed by atoms with Gasteiger partial charge in [-0.1, -0.05) is 43.5 Å². The molecule has 0 atom stereocenters. The van der Waals surface area contributed by atoms with Gasteiger partial charge in [0.15, 0.2) is 5.78 Å². The van der Waals surface area contributed by atoms with Crippen LogP contribution in [0.15, 0.2) is 47.4 Å². The molecule has 1 fully saturated rings. The van der Waals surface area contributed by atoms with Crippen LogP contribution in [0.4, 0.5) is 13.2 Å². The predicted octanol–water partition coefficient (Wildman–Crippen LogP) is 4.80. The number of alkyl halides is 3. The lowest BCUT2D eigenvalue weighted by Gasteiger charge is -2.22. The van der Waals surface area contributed by atoms with E-state index in [4.69, 9.17) is 0 Å². The maximum atomic E-state index is 12.8. The number of carbonyl (C=O) groups excluding carboxylic acids is 1. The van der Waals surface area contributed by atoms with Crippen molar-refractivity contribution in [2.75, 3.05) is 0 Å². The number of nitrogens with zero attached hydrogens (tertiary/aromatic N) is 1. The number of hydrogen-bond acceptors (Lipinski definition) is 2. The van der Waals surface area contributed by atoms with Crippen LogP contribution < -0.4 is 5.56 Å². The molecule has 1 aromatic carbocycles. The van der Waals surface area contributed by atoms with Crippen LogP contribution in [-0.2, 0) is 12.7 Å². The van der Waals surface area contributed by atoms with Crippen molar-refractivity contribution in [3.8, 4) is 0 Å². The molecular weight excluding hydrogens is 343 g/mol. The molecule has 0 unspecified atom stereocenters. The Morgan fingerprint density at radius 3 is 2.27 bits per heavy atom. The quantitative estimate of drug-likeness (QED) is 0.732. The number of ketones is 1. The van der Waals surface area contributed by atoms with Gasteiger partial charge in [-0.3, -0.25) is 9.59 Å². The van der Waals surface area contributed by atoms with Gasteiger partial charge in [0.05, 0.1) is 12.1 Å². The minimum Gasteiger partial charge on any atom is -0.307 e. The number of aromatic nitrogens is 1. The topological polar surface area (TPSA) is 39.1 Å². The number of carbonyl (C=O) groups is 1. The number of hydrogen-bond donors (Lipinski definition) is 0. The third-order valence-corrected chi connectivity index (χ3v) is 4.93. The molecule has 0 bridgehead atoms. The maximum absolute atomic E-state index is 12.8. The van der Waals surface area contributed by atoms with Crippen molar-refractivity contribution in [3.63, 3.8) is 0 Å². The standard InChI is InChI=1S/C20H20F3NO2/c21-20(22,23)17-10-11-19(26)24(12-17)13-18(25)16-8-6-15(7-9-16)14-4-2-1-3-5-14/h6-12,14H,1-5,13H2. The normalized spacial score (nSPS) is 15.8. The summed E-state index contributed by atoms with van der Waals surface area (Å²) >= 11 is 0. The molecular formula is C20H20F3NO2. The van der Waals surface area contributed by atoms with Crippen LogP contribution in [0.1, 0.15) is 59.5 Å². The van der Waals surface area contributed by atoms with Crippen LogP contribution >= 0.6 is 0 Å². The molecule has 1 aliphatic carbocycles. The van der Waals surface area contributed by atoms with E-state index < -0.39 is 23.8 Å². The highest BCUT2D eigenvalue weighted by atomic mass is 19.4. The highest BCUT2D eigenvalue weighted by Gasteiger charge is 2.31. The average Bonchev–Trinajstić information content (AvgIpc) is 2.63. The van der Waals surface area contributed by atoms with E-state index in [2.05, 4.69) is 0 Å². The summed E-state index contributed by atoms with van der Waals surface area (Å²) < 4.78 is 39.1. The Bertz CT molecular complexity index is 831. The Hall–Kier alpha value is -2.37. The average molecular weight is 363 g/mol. The van der Waals surface area contributed by atoms with Crippen molar-refractivity contribution in [3.05, 3.63) is 69.6 Å². The zero-order valence-corrected chi connectivity index (χ0v) is 14.3. The maximum Gasteiger partial charge on any atom is 0.417 e. The molecule has 0 N–H and O–H groups in total. The minimum absolute atomic E-state index is 0.387. The second kappa shape index (κ2) is 7.48. The first-order valence-corrected chi connectivity index (χ1v) is 8.75. The summed E-state index contributed by atoms with van der Waals surface area (Å²) in [6.07, 6.45) is 2.11. The van der Waals surface area contributed by atoms with Gasteiger partial charge in [-0.05, 0) is 30.4 Å². The molecule has 26 heavy (non-hydrogen) atoms. The number of rotatable bonds is 4. The van der Waals surface area contributed by atoms with Gasteiger partial charge in [0.1, 0.15) is 0 Å². The molecule has 0 aliphatic heterocycles. The Morgan fingerprint density at radius 1 is 1.00 bits per heavy atom. The zero-order chi connectivity index (χ0) is 18.7. The van der Waals surface area contributed by atoms with Crippen molar-refractivity contribution < 1.29 is 18.0 Å². The van der Waals surface area contributed by atoms with Gasteiger partial charge in [-0.15, -0.1) is 0 Å². The fraction of sp³-hybridized carbons (Fsp3) is 0.400. The molecule has 6 heteroatoms. The van der Waals surface area contributed by atoms with Gasteiger partial charge in [0.25, 0.3) is 5.56 Å². The van der Waals surface area contributed by atoms with E-state index in [-0.39, 0.29) is 5.78 Å². The summed E-state index contributed by atoms with van der Waals surface area (Å²) in [4.78, 5) is 24.1. The van der Waals surface area contributed by atoms with Crippen LogP contribution in [0.5, 0.6) is 0 Å². The largest absolute Gasteiger partial charge is 0.417 e. The van der Waals surface area contributed by atoms with Gasteiger partial charge in [-0.2, -0.15) is 13.2 Å². The fourth-order valence-electron chi connectivity index (χ4n) is 3.45. The van der Waals surface area contributed by atoms with Gasteiger partial charge in [-0.25, -0.2) is 0 Å². The highest BCUT2D eigenvalue weighted by molar-refractivity contribution is 5.95. The Kier molecular flexibility index (Phi) is 5.30. The SMILES string of the molecule is O=C(Cn1cc(C(F)(F)F)ccc1=O)c1ccc(C2CCCCC2)cc1. The van der Waals surface area contributed by atoms with Crippen LogP contribution in [-0.4, -0.2) is 10.4 Å². The summed E-state index contributed by atoms with van der Waals surface area (Å²) in [5.41, 5.74) is 0.00841. The fourth-order valence-corrected chi connectivity index (χ4v) is 3.45. The Balaban J connectivity index is 1.75. The predicted molar refractivity (Wildman–Crippen MR) is 92.3 cm³/mol. The van der Waals surface area contributed by atoms with E-state index in [1.807, 2.05) is 12.1 Å². The van der Waals surface area contributed by atoms with Gasteiger partial charge in [0.2, 0.25) is 0 Å². The van der Waals surface area contributed by atoms with E-state index in [0.29, 0.717) is 17.7 Å². The van der Waals surface area contributed by atoms with Crippen LogP contribution in [0, 0.1) is 0 Å². The lowest BCUT2D eigenvalue weighted by molar-refractivity contribution is -0.138. The lowest BCUT2D eigenvalue weighted by atomic mass is 9.84. The summed E-state index contributed by atoms with van der Waals surface area (Å²) in [5.74, 6) is 0.126. The third kappa shape index (κ3) is 4.23. The molecule has 0 radical (unpaired) electrons. The van der Waals surface area contributed by atoms with Crippen molar-refractivity contribution in [2.24, 2.45) is 0 Å². The van der Waals surface area contributed by atoms with E-state index >= 15 is 0 Å². The lowest BCUT2D eigenvalue weighted by Crippen LogP contribution is -2.25. The second-order valence-electron chi connectivity index (χ2n) is 6.76. The molecule has 0 spiro atoms. The summed E-state index contributed by atoms with van der Waals surface area (Å²) in [6, 6.07) is 8.79. The molecule has 2 aromatic rings. The molecule has 1 saturated carbocycles. The summed E-state index contributed by atoms with van der Waals surface area (Å²) in [6.45, 7) is -0.411. The molecule has 0 amide bonds. The number of benzene rings is 1. The van der Waals surface area contributed by atoms with Crippen molar-refractivity contribution in [1.29, 1.82) is 0 Å². The summed E-state index contributed by atoms with van der Waals surface area (Å²) in [7, 11) is 0. The van der Waals surface area contributed by atoms with Gasteiger partial charge >= 0.3 is 6.18 Å². The Labute approximate surface area is 149 Å². The molecule has 3 nitrogen and oxygen atoms in total. The second-order valence-corrected chi connectivity index (χ2v) is 6.76. The van der Waals surface area contributed by atoms with Crippen molar-refractivity contribution in [2.45, 2.75) is 50.7 Å². The number of Topliss-reactive ketones (excluding diaryl/α,β-unsaturated/α-hetero) is 1. The van der Waals surface area contributed by atoms with Crippen molar-refractivity contribution >= 4 is 5.78 Å². The minimum atomic E-state index is -4.56. The highest BCUT2D eigenvalue weighted by Crippen LogP contribution is 2.32.